The third-order valence-electron chi connectivity index (χ3n) is 4.49. The zero-order valence-electron chi connectivity index (χ0n) is 13.3. The molecule has 2 heterocycles. The lowest BCUT2D eigenvalue weighted by Gasteiger charge is -2.31. The molecule has 0 bridgehead atoms. The van der Waals surface area contributed by atoms with Gasteiger partial charge in [0.25, 0.3) is 0 Å². The predicted molar refractivity (Wildman–Crippen MR) is 89.3 cm³/mol. The van der Waals surface area contributed by atoms with Crippen LogP contribution in [0.15, 0.2) is 48.5 Å². The molecule has 4 rings (SSSR count). The molecule has 0 radical (unpaired) electrons. The first-order valence-corrected chi connectivity index (χ1v) is 8.24. The molecular weight excluding hydrogens is 288 g/mol. The van der Waals surface area contributed by atoms with Crippen LogP contribution in [0, 0.1) is 0 Å². The minimum Gasteiger partial charge on any atom is -0.478 e. The fraction of sp³-hybridized carbons (Fsp3) is 0.368. The van der Waals surface area contributed by atoms with Crippen LogP contribution in [0.3, 0.4) is 0 Å². The Labute approximate surface area is 137 Å². The normalized spacial score (nSPS) is 17.7. The summed E-state index contributed by atoms with van der Waals surface area (Å²) in [4.78, 5) is 4.72. The number of rotatable bonds is 4. The van der Waals surface area contributed by atoms with Crippen LogP contribution in [0.2, 0.25) is 0 Å². The molecule has 2 aromatic carbocycles. The van der Waals surface area contributed by atoms with Crippen molar-refractivity contribution in [1.82, 2.24) is 9.80 Å². The van der Waals surface area contributed by atoms with Crippen molar-refractivity contribution >= 4 is 0 Å². The molecular formula is C19H22N2O2. The SMILES string of the molecule is c1ccc2c(c1)CN(CCCN1COc3ccccc3C1)CO2. The Balaban J connectivity index is 1.26. The van der Waals surface area contributed by atoms with Crippen molar-refractivity contribution in [3.05, 3.63) is 59.7 Å². The predicted octanol–water partition coefficient (Wildman–Crippen LogP) is 3.08. The Morgan fingerprint density at radius 2 is 1.17 bits per heavy atom. The third kappa shape index (κ3) is 3.33. The van der Waals surface area contributed by atoms with E-state index >= 15 is 0 Å². The molecule has 2 aliphatic rings. The Bertz CT molecular complexity index is 616. The van der Waals surface area contributed by atoms with E-state index in [-0.39, 0.29) is 0 Å². The van der Waals surface area contributed by atoms with Gasteiger partial charge in [0, 0.05) is 37.3 Å². The highest BCUT2D eigenvalue weighted by atomic mass is 16.5. The van der Waals surface area contributed by atoms with Gasteiger partial charge >= 0.3 is 0 Å². The van der Waals surface area contributed by atoms with E-state index in [0.29, 0.717) is 13.5 Å². The first-order valence-electron chi connectivity index (χ1n) is 8.24. The largest absolute Gasteiger partial charge is 0.478 e. The molecule has 4 heteroatoms. The van der Waals surface area contributed by atoms with Crippen LogP contribution in [0.1, 0.15) is 17.5 Å². The highest BCUT2D eigenvalue weighted by molar-refractivity contribution is 5.35. The van der Waals surface area contributed by atoms with Gasteiger partial charge < -0.3 is 9.47 Å². The van der Waals surface area contributed by atoms with Crippen LogP contribution >= 0.6 is 0 Å². The van der Waals surface area contributed by atoms with Gasteiger partial charge in [0.1, 0.15) is 25.0 Å². The van der Waals surface area contributed by atoms with Gasteiger partial charge in [0.15, 0.2) is 0 Å². The standard InChI is InChI=1S/C19H22N2O2/c1-3-8-18-16(6-1)12-20(14-22-18)10-5-11-21-13-17-7-2-4-9-19(17)23-15-21/h1-4,6-9H,5,10-15H2. The highest BCUT2D eigenvalue weighted by Gasteiger charge is 2.18. The minimum atomic E-state index is 0.691. The van der Waals surface area contributed by atoms with Crippen molar-refractivity contribution in [3.63, 3.8) is 0 Å². The topological polar surface area (TPSA) is 24.9 Å². The molecule has 2 aromatic rings. The van der Waals surface area contributed by atoms with Crippen LogP contribution in [0.5, 0.6) is 11.5 Å². The second-order valence-corrected chi connectivity index (χ2v) is 6.22. The van der Waals surface area contributed by atoms with E-state index in [9.17, 15) is 0 Å². The third-order valence-corrected chi connectivity index (χ3v) is 4.49. The fourth-order valence-electron chi connectivity index (χ4n) is 3.25. The monoisotopic (exact) mass is 310 g/mol. The van der Waals surface area contributed by atoms with E-state index in [0.717, 1.165) is 44.1 Å². The molecule has 0 N–H and O–H groups in total. The van der Waals surface area contributed by atoms with Crippen molar-refractivity contribution in [2.45, 2.75) is 19.5 Å². The summed E-state index contributed by atoms with van der Waals surface area (Å²) in [5.41, 5.74) is 2.57. The van der Waals surface area contributed by atoms with E-state index in [1.807, 2.05) is 12.1 Å². The Morgan fingerprint density at radius 1 is 0.696 bits per heavy atom. The fourth-order valence-corrected chi connectivity index (χ4v) is 3.25. The maximum atomic E-state index is 5.81. The molecule has 0 aliphatic carbocycles. The first-order chi connectivity index (χ1) is 11.4. The van der Waals surface area contributed by atoms with Gasteiger partial charge in [0.05, 0.1) is 0 Å². The lowest BCUT2D eigenvalue weighted by atomic mass is 10.1. The average molecular weight is 310 g/mol. The number of ether oxygens (including phenoxy) is 2. The summed E-state index contributed by atoms with van der Waals surface area (Å²) in [6.07, 6.45) is 1.12. The van der Waals surface area contributed by atoms with Crippen LogP contribution in [-0.2, 0) is 13.1 Å². The van der Waals surface area contributed by atoms with Gasteiger partial charge in [0.2, 0.25) is 0 Å². The summed E-state index contributed by atoms with van der Waals surface area (Å²) in [5, 5.41) is 0. The zero-order valence-corrected chi connectivity index (χ0v) is 13.3. The second kappa shape index (κ2) is 6.60. The Morgan fingerprint density at radius 3 is 1.70 bits per heavy atom. The minimum absolute atomic E-state index is 0.691. The van der Waals surface area contributed by atoms with Crippen LogP contribution in [-0.4, -0.2) is 36.4 Å². The molecule has 0 aromatic heterocycles. The van der Waals surface area contributed by atoms with E-state index in [1.54, 1.807) is 0 Å². The lowest BCUT2D eigenvalue weighted by molar-refractivity contribution is 0.0706. The maximum Gasteiger partial charge on any atom is 0.142 e. The van der Waals surface area contributed by atoms with Crippen molar-refractivity contribution in [2.24, 2.45) is 0 Å². The van der Waals surface area contributed by atoms with Crippen LogP contribution in [0.4, 0.5) is 0 Å². The number of hydrogen-bond donors (Lipinski definition) is 0. The molecule has 0 saturated heterocycles. The van der Waals surface area contributed by atoms with E-state index in [1.165, 1.54) is 11.1 Å². The summed E-state index contributed by atoms with van der Waals surface area (Å²) >= 11 is 0. The molecule has 4 nitrogen and oxygen atoms in total. The van der Waals surface area contributed by atoms with Crippen LogP contribution in [0.25, 0.3) is 0 Å². The number of para-hydroxylation sites is 2. The Kier molecular flexibility index (Phi) is 4.18. The maximum absolute atomic E-state index is 5.81. The molecule has 0 spiro atoms. The first kappa shape index (κ1) is 14.5. The second-order valence-electron chi connectivity index (χ2n) is 6.22. The highest BCUT2D eigenvalue weighted by Crippen LogP contribution is 2.25. The van der Waals surface area contributed by atoms with Crippen molar-refractivity contribution < 1.29 is 9.47 Å². The zero-order chi connectivity index (χ0) is 15.5. The molecule has 2 aliphatic heterocycles. The molecule has 120 valence electrons. The van der Waals surface area contributed by atoms with E-state index in [2.05, 4.69) is 46.2 Å². The number of benzene rings is 2. The van der Waals surface area contributed by atoms with Crippen LogP contribution < -0.4 is 9.47 Å². The summed E-state index contributed by atoms with van der Waals surface area (Å²) < 4.78 is 11.6. The number of hydrogen-bond acceptors (Lipinski definition) is 4. The van der Waals surface area contributed by atoms with Crippen molar-refractivity contribution in [2.75, 3.05) is 26.6 Å². The summed E-state index contributed by atoms with van der Waals surface area (Å²) in [7, 11) is 0. The van der Waals surface area contributed by atoms with Crippen molar-refractivity contribution in [3.8, 4) is 11.5 Å². The van der Waals surface area contributed by atoms with Crippen molar-refractivity contribution in [1.29, 1.82) is 0 Å². The molecule has 23 heavy (non-hydrogen) atoms. The number of nitrogens with zero attached hydrogens (tertiary/aromatic N) is 2. The van der Waals surface area contributed by atoms with Gasteiger partial charge in [-0.05, 0) is 18.6 Å². The van der Waals surface area contributed by atoms with E-state index in [4.69, 9.17) is 9.47 Å². The van der Waals surface area contributed by atoms with Gasteiger partial charge in [-0.25, -0.2) is 0 Å². The molecule has 0 unspecified atom stereocenters. The quantitative estimate of drug-likeness (QED) is 0.866. The average Bonchev–Trinajstić information content (AvgIpc) is 2.61. The number of fused-ring (bicyclic) bond motifs is 2. The van der Waals surface area contributed by atoms with E-state index < -0.39 is 0 Å². The van der Waals surface area contributed by atoms with Gasteiger partial charge in [-0.15, -0.1) is 0 Å². The summed E-state index contributed by atoms with van der Waals surface area (Å²) in [5.74, 6) is 2.06. The van der Waals surface area contributed by atoms with Gasteiger partial charge in [-0.1, -0.05) is 36.4 Å². The Hall–Kier alpha value is -2.04. The molecule has 0 atom stereocenters. The molecule has 0 saturated carbocycles. The lowest BCUT2D eigenvalue weighted by Crippen LogP contribution is -2.36. The summed E-state index contributed by atoms with van der Waals surface area (Å²) in [6, 6.07) is 16.6. The summed E-state index contributed by atoms with van der Waals surface area (Å²) in [6.45, 7) is 5.44. The van der Waals surface area contributed by atoms with Gasteiger partial charge in [-0.3, -0.25) is 9.80 Å². The smallest absolute Gasteiger partial charge is 0.142 e. The van der Waals surface area contributed by atoms with Gasteiger partial charge in [-0.2, -0.15) is 0 Å². The molecule has 0 amide bonds. The molecule has 0 fully saturated rings.